The van der Waals surface area contributed by atoms with Crippen LogP contribution < -0.4 is 10.1 Å². The maximum Gasteiger partial charge on any atom is 0.239 e. The highest BCUT2D eigenvalue weighted by Crippen LogP contribution is 2.18. The minimum atomic E-state index is -3.74. The van der Waals surface area contributed by atoms with Crippen LogP contribution >= 0.6 is 11.6 Å². The van der Waals surface area contributed by atoms with Gasteiger partial charge in [-0.15, -0.1) is 0 Å². The Hall–Kier alpha value is -2.83. The fourth-order valence-corrected chi connectivity index (χ4v) is 3.73. The Morgan fingerprint density at radius 2 is 1.54 bits per heavy atom. The number of halogens is 1. The van der Waals surface area contributed by atoms with E-state index in [2.05, 4.69) is 5.32 Å². The number of benzene rings is 3. The van der Waals surface area contributed by atoms with E-state index in [1.807, 2.05) is 30.3 Å². The van der Waals surface area contributed by atoms with Gasteiger partial charge in [0.2, 0.25) is 5.91 Å². The summed E-state index contributed by atoms with van der Waals surface area (Å²) in [6.45, 7) is 0.436. The van der Waals surface area contributed by atoms with Gasteiger partial charge in [-0.1, -0.05) is 41.9 Å². The number of carbonyl (C=O) groups excluding carboxylic acids is 1. The minimum Gasteiger partial charge on any atom is -0.489 e. The fraction of sp³-hybridized carbons (Fsp3) is 0.0952. The van der Waals surface area contributed by atoms with Crippen molar-refractivity contribution in [3.8, 4) is 5.75 Å². The molecule has 0 aliphatic heterocycles. The van der Waals surface area contributed by atoms with Crippen LogP contribution in [0.15, 0.2) is 83.8 Å². The maximum atomic E-state index is 12.3. The van der Waals surface area contributed by atoms with Gasteiger partial charge in [-0.05, 0) is 54.1 Å². The molecule has 0 spiro atoms. The van der Waals surface area contributed by atoms with Crippen LogP contribution in [0.3, 0.4) is 0 Å². The van der Waals surface area contributed by atoms with Crippen LogP contribution in [-0.2, 0) is 21.2 Å². The second-order valence-corrected chi connectivity index (χ2v) is 8.49. The summed E-state index contributed by atoms with van der Waals surface area (Å²) >= 11 is 5.76. The fourth-order valence-electron chi connectivity index (χ4n) is 2.47. The summed E-state index contributed by atoms with van der Waals surface area (Å²) in [6.07, 6.45) is 0. The topological polar surface area (TPSA) is 72.5 Å². The first kappa shape index (κ1) is 19.9. The highest BCUT2D eigenvalue weighted by molar-refractivity contribution is 7.92. The molecule has 0 aliphatic rings. The van der Waals surface area contributed by atoms with Crippen LogP contribution in [0.4, 0.5) is 5.69 Å². The molecule has 3 aromatic carbocycles. The maximum absolute atomic E-state index is 12.3. The third-order valence-electron chi connectivity index (χ3n) is 3.88. The first-order chi connectivity index (χ1) is 13.4. The zero-order valence-electron chi connectivity index (χ0n) is 14.8. The number of hydrogen-bond donors (Lipinski definition) is 1. The Balaban J connectivity index is 1.56. The van der Waals surface area contributed by atoms with Gasteiger partial charge in [0.25, 0.3) is 0 Å². The van der Waals surface area contributed by atoms with Crippen molar-refractivity contribution in [3.05, 3.63) is 89.4 Å². The molecule has 0 heterocycles. The Labute approximate surface area is 168 Å². The normalized spacial score (nSPS) is 11.0. The SMILES string of the molecule is O=C(CS(=O)(=O)c1ccc(Cl)cc1)Nc1ccc(OCc2ccccc2)cc1. The lowest BCUT2D eigenvalue weighted by atomic mass is 10.2. The van der Waals surface area contributed by atoms with Crippen molar-refractivity contribution in [3.63, 3.8) is 0 Å². The lowest BCUT2D eigenvalue weighted by Crippen LogP contribution is -2.23. The monoisotopic (exact) mass is 415 g/mol. The van der Waals surface area contributed by atoms with Crippen LogP contribution in [0.2, 0.25) is 5.02 Å². The average molecular weight is 416 g/mol. The Morgan fingerprint density at radius 3 is 2.18 bits per heavy atom. The van der Waals surface area contributed by atoms with E-state index in [0.29, 0.717) is 23.1 Å². The summed E-state index contributed by atoms with van der Waals surface area (Å²) in [5.74, 6) is -0.621. The average Bonchev–Trinajstić information content (AvgIpc) is 2.68. The first-order valence-electron chi connectivity index (χ1n) is 8.47. The number of ether oxygens (including phenoxy) is 1. The van der Waals surface area contributed by atoms with Crippen molar-refractivity contribution >= 4 is 33.0 Å². The standard InChI is InChI=1S/C21H18ClNO4S/c22-17-6-12-20(13-7-17)28(25,26)15-21(24)23-18-8-10-19(11-9-18)27-14-16-4-2-1-3-5-16/h1-13H,14-15H2,(H,23,24). The van der Waals surface area contributed by atoms with E-state index in [0.717, 1.165) is 5.56 Å². The number of nitrogens with one attached hydrogen (secondary N) is 1. The van der Waals surface area contributed by atoms with Gasteiger partial charge in [0.1, 0.15) is 18.1 Å². The van der Waals surface area contributed by atoms with Crippen molar-refractivity contribution in [2.45, 2.75) is 11.5 Å². The van der Waals surface area contributed by atoms with Crippen molar-refractivity contribution in [1.82, 2.24) is 0 Å². The van der Waals surface area contributed by atoms with Gasteiger partial charge in [-0.2, -0.15) is 0 Å². The number of carbonyl (C=O) groups is 1. The predicted molar refractivity (Wildman–Crippen MR) is 109 cm³/mol. The van der Waals surface area contributed by atoms with Crippen molar-refractivity contribution in [2.75, 3.05) is 11.1 Å². The molecule has 0 bridgehead atoms. The smallest absolute Gasteiger partial charge is 0.239 e. The van der Waals surface area contributed by atoms with Crippen LogP contribution in [-0.4, -0.2) is 20.1 Å². The first-order valence-corrected chi connectivity index (χ1v) is 10.5. The molecule has 0 saturated heterocycles. The van der Waals surface area contributed by atoms with Crippen molar-refractivity contribution < 1.29 is 17.9 Å². The largest absolute Gasteiger partial charge is 0.489 e. The van der Waals surface area contributed by atoms with E-state index in [4.69, 9.17) is 16.3 Å². The van der Waals surface area contributed by atoms with E-state index in [9.17, 15) is 13.2 Å². The summed E-state index contributed by atoms with van der Waals surface area (Å²) in [4.78, 5) is 12.2. The highest BCUT2D eigenvalue weighted by Gasteiger charge is 2.19. The molecular formula is C21H18ClNO4S. The number of sulfone groups is 1. The Bertz CT molecular complexity index is 1030. The van der Waals surface area contributed by atoms with Gasteiger partial charge in [0, 0.05) is 10.7 Å². The molecule has 1 N–H and O–H groups in total. The van der Waals surface area contributed by atoms with Crippen LogP contribution in [0, 0.1) is 0 Å². The quantitative estimate of drug-likeness (QED) is 0.623. The summed E-state index contributed by atoms with van der Waals surface area (Å²) in [7, 11) is -3.74. The molecule has 0 radical (unpaired) electrons. The molecule has 144 valence electrons. The third-order valence-corrected chi connectivity index (χ3v) is 5.76. The molecule has 0 aromatic heterocycles. The van der Waals surface area contributed by atoms with Gasteiger partial charge in [0.15, 0.2) is 9.84 Å². The van der Waals surface area contributed by atoms with E-state index < -0.39 is 21.5 Å². The molecule has 5 nitrogen and oxygen atoms in total. The van der Waals surface area contributed by atoms with Gasteiger partial charge in [0.05, 0.1) is 4.90 Å². The molecule has 3 rings (SSSR count). The summed E-state index contributed by atoms with van der Waals surface area (Å²) in [6, 6.07) is 22.2. The Kier molecular flexibility index (Phi) is 6.34. The molecular weight excluding hydrogens is 398 g/mol. The van der Waals surface area contributed by atoms with Gasteiger partial charge in [-0.3, -0.25) is 4.79 Å². The minimum absolute atomic E-state index is 0.0525. The molecule has 0 saturated carbocycles. The summed E-state index contributed by atoms with van der Waals surface area (Å²) in [5, 5.41) is 3.01. The van der Waals surface area contributed by atoms with Gasteiger partial charge < -0.3 is 10.1 Å². The number of amides is 1. The number of anilines is 1. The molecule has 1 amide bonds. The molecule has 28 heavy (non-hydrogen) atoms. The second-order valence-electron chi connectivity index (χ2n) is 6.06. The van der Waals surface area contributed by atoms with Crippen LogP contribution in [0.25, 0.3) is 0 Å². The predicted octanol–water partition coefficient (Wildman–Crippen LogP) is 4.33. The van der Waals surface area contributed by atoms with Crippen LogP contribution in [0.5, 0.6) is 5.75 Å². The second kappa shape index (κ2) is 8.91. The van der Waals surface area contributed by atoms with Gasteiger partial charge in [-0.25, -0.2) is 8.42 Å². The molecule has 0 aliphatic carbocycles. The van der Waals surface area contributed by atoms with E-state index in [-0.39, 0.29) is 4.90 Å². The number of hydrogen-bond acceptors (Lipinski definition) is 4. The van der Waals surface area contributed by atoms with E-state index in [1.54, 1.807) is 24.3 Å². The highest BCUT2D eigenvalue weighted by atomic mass is 35.5. The van der Waals surface area contributed by atoms with Gasteiger partial charge >= 0.3 is 0 Å². The number of rotatable bonds is 7. The Morgan fingerprint density at radius 1 is 0.893 bits per heavy atom. The molecule has 0 unspecified atom stereocenters. The molecule has 0 atom stereocenters. The van der Waals surface area contributed by atoms with Crippen molar-refractivity contribution in [2.24, 2.45) is 0 Å². The zero-order valence-corrected chi connectivity index (χ0v) is 16.4. The lowest BCUT2D eigenvalue weighted by Gasteiger charge is -2.09. The molecule has 0 fully saturated rings. The third kappa shape index (κ3) is 5.58. The summed E-state index contributed by atoms with van der Waals surface area (Å²) < 4.78 is 30.3. The zero-order chi connectivity index (χ0) is 20.0. The van der Waals surface area contributed by atoms with Crippen LogP contribution in [0.1, 0.15) is 5.56 Å². The van der Waals surface area contributed by atoms with E-state index in [1.165, 1.54) is 24.3 Å². The molecule has 3 aromatic rings. The molecule has 7 heteroatoms. The van der Waals surface area contributed by atoms with Crippen molar-refractivity contribution in [1.29, 1.82) is 0 Å². The summed E-state index contributed by atoms with van der Waals surface area (Å²) in [5.41, 5.74) is 1.54. The lowest BCUT2D eigenvalue weighted by molar-refractivity contribution is -0.113. The van der Waals surface area contributed by atoms with E-state index >= 15 is 0 Å².